The summed E-state index contributed by atoms with van der Waals surface area (Å²) in [6.07, 6.45) is 3.24. The van der Waals surface area contributed by atoms with Crippen molar-refractivity contribution in [3.8, 4) is 5.88 Å². The summed E-state index contributed by atoms with van der Waals surface area (Å²) in [5, 5.41) is 20.5. The molecule has 0 saturated heterocycles. The van der Waals surface area contributed by atoms with E-state index in [9.17, 15) is 9.90 Å². The maximum absolute atomic E-state index is 10.9. The highest BCUT2D eigenvalue weighted by Crippen LogP contribution is 2.21. The maximum Gasteiger partial charge on any atom is 0.243 e. The van der Waals surface area contributed by atoms with Crippen LogP contribution in [0.15, 0.2) is 29.8 Å². The van der Waals surface area contributed by atoms with Crippen LogP contribution < -0.4 is 5.48 Å². The monoisotopic (exact) mass is 280 g/mol. The van der Waals surface area contributed by atoms with Crippen LogP contribution >= 0.6 is 11.3 Å². The van der Waals surface area contributed by atoms with Crippen LogP contribution in [0.4, 0.5) is 0 Å². The molecule has 0 radical (unpaired) electrons. The zero-order valence-corrected chi connectivity index (χ0v) is 11.2. The second kappa shape index (κ2) is 6.40. The van der Waals surface area contributed by atoms with Gasteiger partial charge < -0.3 is 9.67 Å². The molecule has 0 saturated carbocycles. The molecule has 0 bridgehead atoms. The molecule has 2 rings (SSSR count). The fourth-order valence-electron chi connectivity index (χ4n) is 1.87. The van der Waals surface area contributed by atoms with Crippen LogP contribution in [0.3, 0.4) is 0 Å². The largest absolute Gasteiger partial charge is 0.494 e. The highest BCUT2D eigenvalue weighted by molar-refractivity contribution is 7.09. The molecule has 102 valence electrons. The van der Waals surface area contributed by atoms with Crippen LogP contribution in [0.1, 0.15) is 16.9 Å². The normalized spacial score (nSPS) is 10.6. The molecular weight excluding hydrogens is 264 g/mol. The SMILES string of the molecule is O=C(CCc1ccn(CCc2cccs2)c1O)NO. The number of nitrogens with one attached hydrogen (secondary N) is 1. The van der Waals surface area contributed by atoms with E-state index in [0.717, 1.165) is 12.0 Å². The van der Waals surface area contributed by atoms with Gasteiger partial charge in [0.1, 0.15) is 0 Å². The van der Waals surface area contributed by atoms with Crippen molar-refractivity contribution in [2.45, 2.75) is 25.8 Å². The van der Waals surface area contributed by atoms with Gasteiger partial charge in [0.25, 0.3) is 0 Å². The summed E-state index contributed by atoms with van der Waals surface area (Å²) in [7, 11) is 0. The first-order chi connectivity index (χ1) is 9.20. The molecule has 2 aromatic rings. The minimum atomic E-state index is -0.453. The third-order valence-electron chi connectivity index (χ3n) is 2.94. The minimum Gasteiger partial charge on any atom is -0.494 e. The maximum atomic E-state index is 10.9. The van der Waals surface area contributed by atoms with Crippen LogP contribution in [0.2, 0.25) is 0 Å². The Morgan fingerprint density at radius 2 is 2.21 bits per heavy atom. The quantitative estimate of drug-likeness (QED) is 0.559. The lowest BCUT2D eigenvalue weighted by atomic mass is 10.2. The van der Waals surface area contributed by atoms with Crippen LogP contribution in [-0.4, -0.2) is 20.8 Å². The third kappa shape index (κ3) is 3.59. The molecule has 0 spiro atoms. The highest BCUT2D eigenvalue weighted by Gasteiger charge is 2.09. The second-order valence-corrected chi connectivity index (χ2v) is 5.25. The summed E-state index contributed by atoms with van der Waals surface area (Å²) in [6.45, 7) is 0.707. The standard InChI is InChI=1S/C13H16N2O3S/c16-12(14-18)4-3-10-5-7-15(13(10)17)8-6-11-2-1-9-19-11/h1-2,5,7,9,17-18H,3-4,6,8H2,(H,14,16). The zero-order valence-electron chi connectivity index (χ0n) is 10.4. The van der Waals surface area contributed by atoms with E-state index in [1.165, 1.54) is 4.88 Å². The van der Waals surface area contributed by atoms with Crippen LogP contribution in [0.5, 0.6) is 5.88 Å². The van der Waals surface area contributed by atoms with Gasteiger partial charge in [-0.15, -0.1) is 11.3 Å². The fraction of sp³-hybridized carbons (Fsp3) is 0.308. The fourth-order valence-corrected chi connectivity index (χ4v) is 2.57. The van der Waals surface area contributed by atoms with Crippen molar-refractivity contribution in [3.05, 3.63) is 40.2 Å². The van der Waals surface area contributed by atoms with E-state index < -0.39 is 5.91 Å². The Labute approximate surface area is 115 Å². The molecule has 2 aromatic heterocycles. The number of aromatic nitrogens is 1. The van der Waals surface area contributed by atoms with Crippen LogP contribution in [0, 0.1) is 0 Å². The molecule has 0 aromatic carbocycles. The van der Waals surface area contributed by atoms with E-state index in [2.05, 4.69) is 6.07 Å². The molecule has 0 aliphatic carbocycles. The number of thiophene rings is 1. The topological polar surface area (TPSA) is 74.5 Å². The van der Waals surface area contributed by atoms with Gasteiger partial charge in [-0.2, -0.15) is 0 Å². The van der Waals surface area contributed by atoms with E-state index in [0.29, 0.717) is 13.0 Å². The van der Waals surface area contributed by atoms with Gasteiger partial charge in [-0.25, -0.2) is 5.48 Å². The smallest absolute Gasteiger partial charge is 0.243 e. The third-order valence-corrected chi connectivity index (χ3v) is 3.88. The van der Waals surface area contributed by atoms with E-state index in [1.807, 2.05) is 17.6 Å². The molecule has 5 nitrogen and oxygen atoms in total. The van der Waals surface area contributed by atoms with Crippen LogP contribution in [-0.2, 0) is 24.2 Å². The van der Waals surface area contributed by atoms with Gasteiger partial charge in [0.2, 0.25) is 5.91 Å². The van der Waals surface area contributed by atoms with Crippen molar-refractivity contribution in [3.63, 3.8) is 0 Å². The van der Waals surface area contributed by atoms with E-state index in [-0.39, 0.29) is 12.3 Å². The average molecular weight is 280 g/mol. The first kappa shape index (κ1) is 13.6. The first-order valence-electron chi connectivity index (χ1n) is 6.03. The van der Waals surface area contributed by atoms with Crippen molar-refractivity contribution >= 4 is 17.2 Å². The van der Waals surface area contributed by atoms with Crippen LogP contribution in [0.25, 0.3) is 0 Å². The van der Waals surface area contributed by atoms with Crippen molar-refractivity contribution in [2.75, 3.05) is 0 Å². The molecule has 0 aliphatic heterocycles. The predicted molar refractivity (Wildman–Crippen MR) is 72.4 cm³/mol. The zero-order chi connectivity index (χ0) is 13.7. The Bertz CT molecular complexity index is 534. The predicted octanol–water partition coefficient (Wildman–Crippen LogP) is 1.94. The summed E-state index contributed by atoms with van der Waals surface area (Å²) in [5.41, 5.74) is 2.30. The molecule has 0 fully saturated rings. The number of amides is 1. The highest BCUT2D eigenvalue weighted by atomic mass is 32.1. The number of hydrogen-bond donors (Lipinski definition) is 3. The molecular formula is C13H16N2O3S. The Balaban J connectivity index is 1.92. The molecule has 0 atom stereocenters. The van der Waals surface area contributed by atoms with Gasteiger partial charge in [0.05, 0.1) is 0 Å². The number of aromatic hydroxyl groups is 1. The lowest BCUT2D eigenvalue weighted by Gasteiger charge is -2.05. The molecule has 19 heavy (non-hydrogen) atoms. The van der Waals surface area contributed by atoms with Crippen molar-refractivity contribution in [1.82, 2.24) is 10.0 Å². The Morgan fingerprint density at radius 3 is 2.89 bits per heavy atom. The van der Waals surface area contributed by atoms with Gasteiger partial charge in [-0.1, -0.05) is 6.07 Å². The van der Waals surface area contributed by atoms with Gasteiger partial charge in [0, 0.05) is 29.6 Å². The number of rotatable bonds is 6. The lowest BCUT2D eigenvalue weighted by Crippen LogP contribution is -2.18. The average Bonchev–Trinajstić information content (AvgIpc) is 3.04. The first-order valence-corrected chi connectivity index (χ1v) is 6.91. The Hall–Kier alpha value is -1.79. The van der Waals surface area contributed by atoms with Gasteiger partial charge in [-0.3, -0.25) is 10.0 Å². The summed E-state index contributed by atoms with van der Waals surface area (Å²) >= 11 is 1.70. The Kier molecular flexibility index (Phi) is 4.59. The van der Waals surface area contributed by atoms with Crippen molar-refractivity contribution in [1.29, 1.82) is 0 Å². The molecule has 2 heterocycles. The van der Waals surface area contributed by atoms with Gasteiger partial charge in [0.15, 0.2) is 5.88 Å². The number of carbonyl (C=O) groups excluding carboxylic acids is 1. The van der Waals surface area contributed by atoms with Gasteiger partial charge >= 0.3 is 0 Å². The lowest BCUT2D eigenvalue weighted by molar-refractivity contribution is -0.129. The number of nitrogens with zero attached hydrogens (tertiary/aromatic N) is 1. The number of carbonyl (C=O) groups is 1. The van der Waals surface area contributed by atoms with E-state index in [4.69, 9.17) is 5.21 Å². The minimum absolute atomic E-state index is 0.152. The summed E-state index contributed by atoms with van der Waals surface area (Å²) in [5.74, 6) is -0.256. The van der Waals surface area contributed by atoms with Crippen molar-refractivity contribution in [2.24, 2.45) is 0 Å². The number of aryl methyl sites for hydroxylation is 3. The number of hydrogen-bond acceptors (Lipinski definition) is 4. The molecule has 3 N–H and O–H groups in total. The summed E-state index contributed by atoms with van der Waals surface area (Å²) in [4.78, 5) is 12.2. The number of hydroxylamine groups is 1. The van der Waals surface area contributed by atoms with E-state index >= 15 is 0 Å². The summed E-state index contributed by atoms with van der Waals surface area (Å²) < 4.78 is 1.77. The second-order valence-electron chi connectivity index (χ2n) is 4.22. The van der Waals surface area contributed by atoms with Gasteiger partial charge in [-0.05, 0) is 30.4 Å². The molecule has 1 amide bonds. The van der Waals surface area contributed by atoms with Crippen molar-refractivity contribution < 1.29 is 15.1 Å². The molecule has 0 unspecified atom stereocenters. The summed E-state index contributed by atoms with van der Waals surface area (Å²) in [6, 6.07) is 5.88. The Morgan fingerprint density at radius 1 is 1.37 bits per heavy atom. The van der Waals surface area contributed by atoms with E-state index in [1.54, 1.807) is 27.5 Å². The molecule has 0 aliphatic rings. The molecule has 6 heteroatoms.